The molecule has 0 aliphatic heterocycles. The van der Waals surface area contributed by atoms with Crippen LogP contribution in [0, 0.1) is 0 Å². The quantitative estimate of drug-likeness (QED) is 0.265. The van der Waals surface area contributed by atoms with Crippen LogP contribution in [0.2, 0.25) is 0 Å². The van der Waals surface area contributed by atoms with Crippen LogP contribution in [0.3, 0.4) is 0 Å². The van der Waals surface area contributed by atoms with Gasteiger partial charge in [0, 0.05) is 0 Å². The molecular formula is CH9AlO3P+. The van der Waals surface area contributed by atoms with E-state index in [1.165, 1.54) is 0 Å². The van der Waals surface area contributed by atoms with E-state index in [4.69, 9.17) is 14.7 Å². The smallest absolute Gasteiger partial charge is 0.193 e. The Kier molecular flexibility index (Phi) is 4.86. The minimum atomic E-state index is -3.39. The van der Waals surface area contributed by atoms with Crippen molar-refractivity contribution in [3.63, 3.8) is 0 Å². The number of hydrogen-bond acceptors (Lipinski definition) is 3. The molecule has 0 saturated carbocycles. The molecule has 6 heavy (non-hydrogen) atoms. The Morgan fingerprint density at radius 1 is 1.17 bits per heavy atom. The summed E-state index contributed by atoms with van der Waals surface area (Å²) in [6.45, 7) is 0.965. The van der Waals surface area contributed by atoms with Crippen LogP contribution < -0.4 is 0 Å². The minimum Gasteiger partial charge on any atom is -0.193 e. The van der Waals surface area contributed by atoms with E-state index < -0.39 is 7.94 Å². The lowest BCUT2D eigenvalue weighted by molar-refractivity contribution is 0.340. The first-order chi connectivity index (χ1) is 2.00. The molecule has 5 heteroatoms. The normalized spacial score (nSPS) is 10.0. The summed E-state index contributed by atoms with van der Waals surface area (Å²) in [5, 5.41) is 0. The van der Waals surface area contributed by atoms with Gasteiger partial charge < -0.3 is 0 Å². The van der Waals surface area contributed by atoms with Gasteiger partial charge in [0.25, 0.3) is 0 Å². The average Bonchev–Trinajstić information content (AvgIpc) is 0.722. The topological polar surface area (TPSA) is 60.7 Å². The first-order valence-corrected chi connectivity index (χ1v) is 3.14. The third-order valence-electron chi connectivity index (χ3n) is 0. The highest BCUT2D eigenvalue weighted by Gasteiger charge is 2.17. The fourth-order valence-electron chi connectivity index (χ4n) is 0. The van der Waals surface area contributed by atoms with E-state index in [1.54, 1.807) is 0 Å². The Morgan fingerprint density at radius 3 is 1.17 bits per heavy atom. The third kappa shape index (κ3) is 101. The Bertz CT molecular complexity index is 26.3. The van der Waals surface area contributed by atoms with E-state index in [1.807, 2.05) is 0 Å². The molecule has 0 aromatic carbocycles. The largest absolute Gasteiger partial charge is 0.400 e. The standard InChI is InChI=1S/CH6O3P.Al.3H/c1-5(2,3)4;;;;/h2-4H,1H3;;;;/q+1;;;;. The van der Waals surface area contributed by atoms with Crippen LogP contribution in [0.25, 0.3) is 0 Å². The summed E-state index contributed by atoms with van der Waals surface area (Å²) < 4.78 is 0. The van der Waals surface area contributed by atoms with Crippen LogP contribution in [0.5, 0.6) is 0 Å². The summed E-state index contributed by atoms with van der Waals surface area (Å²) in [6, 6.07) is 0. The molecule has 3 N–H and O–H groups in total. The van der Waals surface area contributed by atoms with Crippen molar-refractivity contribution in [3.8, 4) is 0 Å². The molecule has 0 aromatic rings. The van der Waals surface area contributed by atoms with Crippen molar-refractivity contribution in [2.45, 2.75) is 0 Å². The number of hydrogen-bond donors (Lipinski definition) is 3. The van der Waals surface area contributed by atoms with Crippen molar-refractivity contribution in [2.75, 3.05) is 6.66 Å². The summed E-state index contributed by atoms with van der Waals surface area (Å²) in [7, 11) is -3.39. The van der Waals surface area contributed by atoms with Crippen LogP contribution in [0.15, 0.2) is 0 Å². The molecule has 0 fully saturated rings. The van der Waals surface area contributed by atoms with Crippen molar-refractivity contribution < 1.29 is 14.7 Å². The molecule has 0 amide bonds. The van der Waals surface area contributed by atoms with E-state index in [2.05, 4.69) is 0 Å². The van der Waals surface area contributed by atoms with Gasteiger partial charge in [0.15, 0.2) is 17.4 Å². The summed E-state index contributed by atoms with van der Waals surface area (Å²) in [5.41, 5.74) is 0. The predicted molar refractivity (Wildman–Crippen MR) is 29.4 cm³/mol. The molecule has 0 rings (SSSR count). The molecule has 0 aromatic heterocycles. The van der Waals surface area contributed by atoms with Crippen molar-refractivity contribution in [1.29, 1.82) is 0 Å². The van der Waals surface area contributed by atoms with Gasteiger partial charge in [-0.25, -0.2) is 0 Å². The summed E-state index contributed by atoms with van der Waals surface area (Å²) in [4.78, 5) is 23.2. The average molecular weight is 127 g/mol. The lowest BCUT2D eigenvalue weighted by Gasteiger charge is -1.88. The highest BCUT2D eigenvalue weighted by atomic mass is 31.2. The monoisotopic (exact) mass is 127 g/mol. The molecule has 38 valence electrons. The summed E-state index contributed by atoms with van der Waals surface area (Å²) in [6.07, 6.45) is 0. The Morgan fingerprint density at radius 2 is 1.17 bits per heavy atom. The molecule has 0 radical (unpaired) electrons. The fourth-order valence-corrected chi connectivity index (χ4v) is 0. The second kappa shape index (κ2) is 2.93. The lowest BCUT2D eigenvalue weighted by atomic mass is 12.0. The van der Waals surface area contributed by atoms with Gasteiger partial charge in [-0.15, -0.1) is 0 Å². The van der Waals surface area contributed by atoms with Crippen LogP contribution in [0.4, 0.5) is 0 Å². The Labute approximate surface area is 47.3 Å². The zero-order valence-corrected chi connectivity index (χ0v) is 3.68. The Hall–Kier alpha value is 0.842. The highest BCUT2D eigenvalue weighted by Crippen LogP contribution is 2.38. The van der Waals surface area contributed by atoms with E-state index >= 15 is 0 Å². The van der Waals surface area contributed by atoms with Crippen molar-refractivity contribution in [3.05, 3.63) is 0 Å². The van der Waals surface area contributed by atoms with Crippen LogP contribution in [-0.4, -0.2) is 38.7 Å². The fraction of sp³-hybridized carbons (Fsp3) is 1.00. The molecule has 3 nitrogen and oxygen atoms in total. The van der Waals surface area contributed by atoms with Gasteiger partial charge in [-0.1, -0.05) is 0 Å². The second-order valence-corrected chi connectivity index (χ2v) is 2.60. The molecule has 0 saturated heterocycles. The molecule has 0 heterocycles. The molecule has 0 unspecified atom stereocenters. The first kappa shape index (κ1) is 9.96. The maximum Gasteiger partial charge on any atom is 0.400 e. The Balaban J connectivity index is 0. The van der Waals surface area contributed by atoms with Crippen molar-refractivity contribution in [2.24, 2.45) is 0 Å². The summed E-state index contributed by atoms with van der Waals surface area (Å²) >= 11 is 0. The number of rotatable bonds is 0. The van der Waals surface area contributed by atoms with Gasteiger partial charge in [0.05, 0.1) is 0 Å². The maximum absolute atomic E-state index is 7.74. The summed E-state index contributed by atoms with van der Waals surface area (Å²) in [5.74, 6) is 0. The van der Waals surface area contributed by atoms with Crippen molar-refractivity contribution >= 4 is 25.3 Å². The highest BCUT2D eigenvalue weighted by molar-refractivity contribution is 7.57. The van der Waals surface area contributed by atoms with Gasteiger partial charge in [-0.2, -0.15) is 14.7 Å². The zero-order valence-electron chi connectivity index (χ0n) is 2.79. The molecule has 0 spiro atoms. The molecule has 0 bridgehead atoms. The van der Waals surface area contributed by atoms with E-state index in [-0.39, 0.29) is 17.4 Å². The van der Waals surface area contributed by atoms with Crippen LogP contribution in [-0.2, 0) is 0 Å². The predicted octanol–water partition coefficient (Wildman–Crippen LogP) is -1.83. The second-order valence-electron chi connectivity index (χ2n) is 0.868. The van der Waals surface area contributed by atoms with Gasteiger partial charge in [-0.3, -0.25) is 0 Å². The van der Waals surface area contributed by atoms with E-state index in [0.29, 0.717) is 0 Å². The molecule has 0 aliphatic rings. The maximum atomic E-state index is 7.74. The molecular weight excluding hydrogens is 118 g/mol. The van der Waals surface area contributed by atoms with Gasteiger partial charge >= 0.3 is 7.94 Å². The lowest BCUT2D eigenvalue weighted by Crippen LogP contribution is -1.78. The van der Waals surface area contributed by atoms with Crippen molar-refractivity contribution in [1.82, 2.24) is 0 Å². The zero-order chi connectivity index (χ0) is 4.50. The molecule has 0 aliphatic carbocycles. The van der Waals surface area contributed by atoms with Gasteiger partial charge in [0.2, 0.25) is 0 Å². The minimum absolute atomic E-state index is 0. The van der Waals surface area contributed by atoms with Crippen LogP contribution >= 0.6 is 7.94 Å². The van der Waals surface area contributed by atoms with Gasteiger partial charge in [-0.05, 0) is 0 Å². The SMILES string of the molecule is C[P+](O)(O)O.[AlH3]. The first-order valence-electron chi connectivity index (χ1n) is 1.05. The third-order valence-corrected chi connectivity index (χ3v) is 0. The van der Waals surface area contributed by atoms with E-state index in [9.17, 15) is 0 Å². The van der Waals surface area contributed by atoms with Gasteiger partial charge in [0.1, 0.15) is 6.66 Å². The van der Waals surface area contributed by atoms with E-state index in [0.717, 1.165) is 6.66 Å². The molecule has 0 atom stereocenters. The van der Waals surface area contributed by atoms with Crippen LogP contribution in [0.1, 0.15) is 0 Å².